The molecule has 29 heavy (non-hydrogen) atoms. The van der Waals surface area contributed by atoms with E-state index in [1.165, 1.54) is 15.8 Å². The topological polar surface area (TPSA) is 93.5 Å². The van der Waals surface area contributed by atoms with Crippen molar-refractivity contribution in [3.63, 3.8) is 0 Å². The maximum Gasteiger partial charge on any atom is 0.262 e. The lowest BCUT2D eigenvalue weighted by Gasteiger charge is -2.26. The van der Waals surface area contributed by atoms with Crippen LogP contribution in [0.3, 0.4) is 0 Å². The first-order chi connectivity index (χ1) is 14.1. The number of aromatic nitrogens is 2. The third-order valence-corrected chi connectivity index (χ3v) is 6.71. The second-order valence-corrected chi connectivity index (χ2v) is 8.60. The fourth-order valence-corrected chi connectivity index (χ4v) is 5.16. The van der Waals surface area contributed by atoms with Crippen molar-refractivity contribution in [1.29, 1.82) is 0 Å². The number of fused-ring (bicyclic) bond motifs is 3. The zero-order valence-corrected chi connectivity index (χ0v) is 17.3. The van der Waals surface area contributed by atoms with Gasteiger partial charge in [-0.25, -0.2) is 4.98 Å². The van der Waals surface area contributed by atoms with Crippen LogP contribution in [0, 0.1) is 0 Å². The van der Waals surface area contributed by atoms with E-state index in [1.54, 1.807) is 16.2 Å². The first-order valence-corrected chi connectivity index (χ1v) is 11.1. The summed E-state index contributed by atoms with van der Waals surface area (Å²) in [5.41, 5.74) is 0.997. The van der Waals surface area contributed by atoms with Gasteiger partial charge in [-0.05, 0) is 37.7 Å². The Morgan fingerprint density at radius 3 is 2.83 bits per heavy atom. The number of thiophene rings is 1. The number of nitrogens with one attached hydrogen (secondary N) is 1. The van der Waals surface area contributed by atoms with Crippen molar-refractivity contribution in [1.82, 2.24) is 19.8 Å². The van der Waals surface area contributed by atoms with Gasteiger partial charge in [-0.3, -0.25) is 19.0 Å². The number of hydrogen-bond donors (Lipinski definition) is 1. The summed E-state index contributed by atoms with van der Waals surface area (Å²) in [6.07, 6.45) is 6.62. The smallest absolute Gasteiger partial charge is 0.262 e. The number of morpholine rings is 1. The fraction of sp³-hybridized carbons (Fsp3) is 0.600. The van der Waals surface area contributed by atoms with Gasteiger partial charge in [0.05, 0.1) is 24.9 Å². The van der Waals surface area contributed by atoms with Gasteiger partial charge in [0.15, 0.2) is 0 Å². The van der Waals surface area contributed by atoms with E-state index >= 15 is 0 Å². The average Bonchev–Trinajstić information content (AvgIpc) is 3.13. The average molecular weight is 419 g/mol. The molecule has 3 heterocycles. The Hall–Kier alpha value is -2.26. The van der Waals surface area contributed by atoms with Gasteiger partial charge in [-0.15, -0.1) is 11.3 Å². The van der Waals surface area contributed by atoms with Crippen molar-refractivity contribution >= 4 is 33.4 Å². The molecule has 1 aliphatic heterocycles. The quantitative estimate of drug-likeness (QED) is 0.709. The van der Waals surface area contributed by atoms with Gasteiger partial charge in [0.2, 0.25) is 11.8 Å². The summed E-state index contributed by atoms with van der Waals surface area (Å²) in [5.74, 6) is -0.146. The summed E-state index contributed by atoms with van der Waals surface area (Å²) in [7, 11) is 0. The van der Waals surface area contributed by atoms with Gasteiger partial charge in [0, 0.05) is 30.9 Å². The number of amides is 2. The number of ether oxygens (including phenoxy) is 1. The van der Waals surface area contributed by atoms with Gasteiger partial charge >= 0.3 is 0 Å². The molecule has 2 aromatic rings. The number of carbonyl (C=O) groups excluding carboxylic acids is 2. The third-order valence-electron chi connectivity index (χ3n) is 5.51. The van der Waals surface area contributed by atoms with Gasteiger partial charge in [-0.1, -0.05) is 0 Å². The van der Waals surface area contributed by atoms with E-state index in [-0.39, 0.29) is 23.9 Å². The zero-order valence-electron chi connectivity index (χ0n) is 16.4. The Balaban J connectivity index is 1.30. The number of rotatable bonds is 6. The molecule has 1 N–H and O–H groups in total. The molecule has 0 atom stereocenters. The number of hydrogen-bond acceptors (Lipinski definition) is 6. The molecule has 2 aliphatic rings. The van der Waals surface area contributed by atoms with E-state index in [0.717, 1.165) is 36.1 Å². The van der Waals surface area contributed by atoms with E-state index < -0.39 is 0 Å². The van der Waals surface area contributed by atoms with Crippen molar-refractivity contribution < 1.29 is 14.3 Å². The molecule has 2 amide bonds. The van der Waals surface area contributed by atoms with Crippen molar-refractivity contribution in [2.45, 2.75) is 45.1 Å². The van der Waals surface area contributed by atoms with Crippen LogP contribution in [0.1, 0.15) is 36.1 Å². The minimum absolute atomic E-state index is 0.0518. The van der Waals surface area contributed by atoms with Crippen LogP contribution in [0.15, 0.2) is 11.1 Å². The van der Waals surface area contributed by atoms with Crippen LogP contribution >= 0.6 is 11.3 Å². The van der Waals surface area contributed by atoms with E-state index in [1.807, 2.05) is 0 Å². The molecule has 1 fully saturated rings. The molecule has 2 aromatic heterocycles. The van der Waals surface area contributed by atoms with Crippen LogP contribution in [0.2, 0.25) is 0 Å². The van der Waals surface area contributed by atoms with Gasteiger partial charge < -0.3 is 15.0 Å². The van der Waals surface area contributed by atoms with E-state index in [9.17, 15) is 14.4 Å². The highest BCUT2D eigenvalue weighted by molar-refractivity contribution is 7.18. The summed E-state index contributed by atoms with van der Waals surface area (Å²) in [4.78, 5) is 45.5. The highest BCUT2D eigenvalue weighted by Gasteiger charge is 2.20. The highest BCUT2D eigenvalue weighted by Crippen LogP contribution is 2.33. The lowest BCUT2D eigenvalue weighted by molar-refractivity contribution is -0.135. The molecule has 0 saturated carbocycles. The standard InChI is InChI=1S/C20H26N4O4S/c25-16(21-7-3-6-17(26)23-8-10-28-11-9-23)12-24-13-22-19-18(20(24)27)14-4-1-2-5-15(14)29-19/h13H,1-12H2,(H,21,25). The molecular weight excluding hydrogens is 392 g/mol. The number of aryl methyl sites for hydroxylation is 2. The van der Waals surface area contributed by atoms with E-state index in [2.05, 4.69) is 10.3 Å². The predicted molar refractivity (Wildman–Crippen MR) is 110 cm³/mol. The lowest BCUT2D eigenvalue weighted by Crippen LogP contribution is -2.41. The van der Waals surface area contributed by atoms with Crippen LogP contribution in [0.4, 0.5) is 0 Å². The fourth-order valence-electron chi connectivity index (χ4n) is 3.94. The highest BCUT2D eigenvalue weighted by atomic mass is 32.1. The van der Waals surface area contributed by atoms with Gasteiger partial charge in [0.25, 0.3) is 5.56 Å². The van der Waals surface area contributed by atoms with Crippen LogP contribution in [0.25, 0.3) is 10.2 Å². The van der Waals surface area contributed by atoms with Crippen LogP contribution in [0.5, 0.6) is 0 Å². The molecule has 1 saturated heterocycles. The Bertz CT molecular complexity index is 961. The minimum atomic E-state index is -0.240. The monoisotopic (exact) mass is 418 g/mol. The molecule has 0 radical (unpaired) electrons. The van der Waals surface area contributed by atoms with Gasteiger partial charge in [0.1, 0.15) is 11.4 Å². The van der Waals surface area contributed by atoms with E-state index in [0.29, 0.717) is 51.1 Å². The Morgan fingerprint density at radius 1 is 1.21 bits per heavy atom. The normalized spacial score (nSPS) is 16.6. The van der Waals surface area contributed by atoms with Crippen molar-refractivity contribution in [2.75, 3.05) is 32.8 Å². The molecule has 9 heteroatoms. The summed E-state index contributed by atoms with van der Waals surface area (Å²) >= 11 is 1.60. The second kappa shape index (κ2) is 9.04. The summed E-state index contributed by atoms with van der Waals surface area (Å²) in [6.45, 7) is 2.80. The maximum absolute atomic E-state index is 12.9. The Labute approximate surface area is 172 Å². The SMILES string of the molecule is O=C(Cn1cnc2sc3c(c2c1=O)CCCC3)NCCCC(=O)N1CCOCC1. The van der Waals surface area contributed by atoms with Gasteiger partial charge in [-0.2, -0.15) is 0 Å². The molecule has 0 spiro atoms. The first-order valence-electron chi connectivity index (χ1n) is 10.3. The minimum Gasteiger partial charge on any atom is -0.378 e. The van der Waals surface area contributed by atoms with E-state index in [4.69, 9.17) is 4.74 Å². The van der Waals surface area contributed by atoms with Crippen molar-refractivity contribution in [3.05, 3.63) is 27.1 Å². The summed E-state index contributed by atoms with van der Waals surface area (Å²) < 4.78 is 6.63. The number of carbonyl (C=O) groups is 2. The van der Waals surface area contributed by atoms with Crippen LogP contribution < -0.4 is 10.9 Å². The molecule has 4 rings (SSSR count). The first kappa shape index (κ1) is 20.0. The van der Waals surface area contributed by atoms with Crippen molar-refractivity contribution in [3.8, 4) is 0 Å². The van der Waals surface area contributed by atoms with Crippen LogP contribution in [-0.2, 0) is 33.7 Å². The molecule has 0 unspecified atom stereocenters. The maximum atomic E-state index is 12.9. The molecular formula is C20H26N4O4S. The molecule has 8 nitrogen and oxygen atoms in total. The largest absolute Gasteiger partial charge is 0.378 e. The molecule has 0 bridgehead atoms. The van der Waals surface area contributed by atoms with Crippen molar-refractivity contribution in [2.24, 2.45) is 0 Å². The summed E-state index contributed by atoms with van der Waals surface area (Å²) in [6, 6.07) is 0. The Morgan fingerprint density at radius 2 is 2.00 bits per heavy atom. The second-order valence-electron chi connectivity index (χ2n) is 7.52. The predicted octanol–water partition coefficient (Wildman–Crippen LogP) is 1.09. The molecule has 1 aliphatic carbocycles. The third kappa shape index (κ3) is 4.51. The molecule has 0 aromatic carbocycles. The Kier molecular flexibility index (Phi) is 6.25. The lowest BCUT2D eigenvalue weighted by atomic mass is 9.97. The molecule has 156 valence electrons. The van der Waals surface area contributed by atoms with Crippen LogP contribution in [-0.4, -0.2) is 59.1 Å². The zero-order chi connectivity index (χ0) is 20.2. The number of nitrogens with zero attached hydrogens (tertiary/aromatic N) is 3. The summed E-state index contributed by atoms with van der Waals surface area (Å²) in [5, 5.41) is 3.49.